The van der Waals surface area contributed by atoms with Crippen molar-refractivity contribution < 1.29 is 0 Å². The molecule has 2 N–H and O–H groups in total. The smallest absolute Gasteiger partial charge is 0.0412 e. The molecule has 1 heteroatoms. The van der Waals surface area contributed by atoms with Crippen molar-refractivity contribution in [3.8, 4) is 0 Å². The van der Waals surface area contributed by atoms with Crippen molar-refractivity contribution in [3.05, 3.63) is 34.9 Å². The SMILES string of the molecule is CCC1CCC(N)(c2cc(C)ccc2C)CC1. The molecule has 1 saturated carbocycles. The van der Waals surface area contributed by atoms with Crippen molar-refractivity contribution in [2.75, 3.05) is 0 Å². The van der Waals surface area contributed by atoms with Gasteiger partial charge in [-0.2, -0.15) is 0 Å². The summed E-state index contributed by atoms with van der Waals surface area (Å²) in [5.41, 5.74) is 10.7. The maximum absolute atomic E-state index is 6.67. The second-order valence-corrected chi connectivity index (χ2v) is 5.83. The highest BCUT2D eigenvalue weighted by molar-refractivity contribution is 5.36. The Morgan fingerprint density at radius 1 is 1.24 bits per heavy atom. The highest BCUT2D eigenvalue weighted by Crippen LogP contribution is 2.39. The fourth-order valence-electron chi connectivity index (χ4n) is 3.14. The summed E-state index contributed by atoms with van der Waals surface area (Å²) in [5, 5.41) is 0. The van der Waals surface area contributed by atoms with Crippen molar-refractivity contribution in [1.29, 1.82) is 0 Å². The van der Waals surface area contributed by atoms with Gasteiger partial charge in [-0.3, -0.25) is 0 Å². The van der Waals surface area contributed by atoms with E-state index in [1.165, 1.54) is 36.0 Å². The van der Waals surface area contributed by atoms with Crippen molar-refractivity contribution in [1.82, 2.24) is 0 Å². The van der Waals surface area contributed by atoms with Gasteiger partial charge >= 0.3 is 0 Å². The lowest BCUT2D eigenvalue weighted by Gasteiger charge is -2.38. The molecule has 0 amide bonds. The highest BCUT2D eigenvalue weighted by atomic mass is 14.7. The van der Waals surface area contributed by atoms with E-state index in [2.05, 4.69) is 39.0 Å². The van der Waals surface area contributed by atoms with Crippen LogP contribution in [0.15, 0.2) is 18.2 Å². The Labute approximate surface area is 105 Å². The normalized spacial score (nSPS) is 29.3. The molecule has 0 saturated heterocycles. The van der Waals surface area contributed by atoms with Crippen molar-refractivity contribution in [2.45, 2.75) is 58.4 Å². The summed E-state index contributed by atoms with van der Waals surface area (Å²) >= 11 is 0. The van der Waals surface area contributed by atoms with E-state index in [1.54, 1.807) is 0 Å². The van der Waals surface area contributed by atoms with Gasteiger partial charge in [0.05, 0.1) is 0 Å². The number of hydrogen-bond donors (Lipinski definition) is 1. The monoisotopic (exact) mass is 231 g/mol. The summed E-state index contributed by atoms with van der Waals surface area (Å²) in [5.74, 6) is 0.900. The first-order valence-electron chi connectivity index (χ1n) is 6.92. The Morgan fingerprint density at radius 3 is 2.47 bits per heavy atom. The third kappa shape index (κ3) is 2.55. The third-order valence-electron chi connectivity index (χ3n) is 4.50. The second-order valence-electron chi connectivity index (χ2n) is 5.83. The molecule has 1 aromatic carbocycles. The molecule has 0 aromatic heterocycles. The quantitative estimate of drug-likeness (QED) is 0.816. The van der Waals surface area contributed by atoms with E-state index in [4.69, 9.17) is 5.73 Å². The van der Waals surface area contributed by atoms with Gasteiger partial charge in [-0.15, -0.1) is 0 Å². The zero-order valence-electron chi connectivity index (χ0n) is 11.4. The van der Waals surface area contributed by atoms with E-state index in [-0.39, 0.29) is 5.54 Å². The molecular formula is C16H25N. The first-order valence-corrected chi connectivity index (χ1v) is 6.92. The van der Waals surface area contributed by atoms with Gasteiger partial charge in [-0.05, 0) is 56.6 Å². The lowest BCUT2D eigenvalue weighted by Crippen LogP contribution is -2.41. The molecule has 0 bridgehead atoms. The van der Waals surface area contributed by atoms with E-state index >= 15 is 0 Å². The van der Waals surface area contributed by atoms with Crippen LogP contribution in [0.3, 0.4) is 0 Å². The fraction of sp³-hybridized carbons (Fsp3) is 0.625. The standard InChI is InChI=1S/C16H25N/c1-4-14-7-9-16(17,10-8-14)15-11-12(2)5-6-13(15)3/h5-6,11,14H,4,7-10,17H2,1-3H3. The molecule has 0 spiro atoms. The minimum Gasteiger partial charge on any atom is -0.321 e. The molecule has 1 aliphatic carbocycles. The van der Waals surface area contributed by atoms with Gasteiger partial charge in [0.15, 0.2) is 0 Å². The lowest BCUT2D eigenvalue weighted by atomic mass is 9.71. The van der Waals surface area contributed by atoms with Crippen LogP contribution in [0.25, 0.3) is 0 Å². The fourth-order valence-corrected chi connectivity index (χ4v) is 3.14. The zero-order valence-corrected chi connectivity index (χ0v) is 11.4. The van der Waals surface area contributed by atoms with Crippen LogP contribution >= 0.6 is 0 Å². The predicted octanol–water partition coefficient (Wildman–Crippen LogP) is 4.06. The molecule has 1 aliphatic rings. The van der Waals surface area contributed by atoms with Crippen molar-refractivity contribution in [3.63, 3.8) is 0 Å². The molecule has 0 unspecified atom stereocenters. The van der Waals surface area contributed by atoms with Gasteiger partial charge in [0.1, 0.15) is 0 Å². The molecule has 1 fully saturated rings. The Hall–Kier alpha value is -0.820. The van der Waals surface area contributed by atoms with Gasteiger partial charge in [-0.1, -0.05) is 37.1 Å². The Balaban J connectivity index is 2.24. The Kier molecular flexibility index (Phi) is 3.58. The minimum absolute atomic E-state index is 0.0677. The van der Waals surface area contributed by atoms with Crippen LogP contribution in [0.2, 0.25) is 0 Å². The van der Waals surface area contributed by atoms with Crippen LogP contribution in [-0.4, -0.2) is 0 Å². The molecule has 17 heavy (non-hydrogen) atoms. The zero-order chi connectivity index (χ0) is 12.5. The van der Waals surface area contributed by atoms with Gasteiger partial charge < -0.3 is 5.73 Å². The van der Waals surface area contributed by atoms with Crippen LogP contribution in [0.5, 0.6) is 0 Å². The summed E-state index contributed by atoms with van der Waals surface area (Å²) in [6.07, 6.45) is 6.19. The lowest BCUT2D eigenvalue weighted by molar-refractivity contribution is 0.231. The van der Waals surface area contributed by atoms with Crippen LogP contribution in [-0.2, 0) is 5.54 Å². The van der Waals surface area contributed by atoms with E-state index in [1.807, 2.05) is 0 Å². The molecule has 0 aliphatic heterocycles. The molecule has 0 atom stereocenters. The van der Waals surface area contributed by atoms with Crippen LogP contribution in [0.4, 0.5) is 0 Å². The van der Waals surface area contributed by atoms with Crippen LogP contribution in [0, 0.1) is 19.8 Å². The first kappa shape index (κ1) is 12.6. The number of hydrogen-bond acceptors (Lipinski definition) is 1. The number of aryl methyl sites for hydroxylation is 2. The largest absolute Gasteiger partial charge is 0.321 e. The molecule has 2 rings (SSSR count). The van der Waals surface area contributed by atoms with Crippen LogP contribution in [0.1, 0.15) is 55.7 Å². The van der Waals surface area contributed by atoms with Gasteiger partial charge in [-0.25, -0.2) is 0 Å². The van der Waals surface area contributed by atoms with Gasteiger partial charge in [0.25, 0.3) is 0 Å². The maximum atomic E-state index is 6.67. The molecule has 94 valence electrons. The van der Waals surface area contributed by atoms with E-state index in [0.29, 0.717) is 0 Å². The van der Waals surface area contributed by atoms with Crippen molar-refractivity contribution >= 4 is 0 Å². The minimum atomic E-state index is -0.0677. The number of nitrogens with two attached hydrogens (primary N) is 1. The summed E-state index contributed by atoms with van der Waals surface area (Å²) in [6, 6.07) is 6.69. The summed E-state index contributed by atoms with van der Waals surface area (Å²) < 4.78 is 0. The average Bonchev–Trinajstić information content (AvgIpc) is 2.33. The average molecular weight is 231 g/mol. The third-order valence-corrected chi connectivity index (χ3v) is 4.50. The molecule has 1 nitrogen and oxygen atoms in total. The first-order chi connectivity index (χ1) is 8.05. The second kappa shape index (κ2) is 4.81. The number of rotatable bonds is 2. The Morgan fingerprint density at radius 2 is 1.88 bits per heavy atom. The van der Waals surface area contributed by atoms with Gasteiger partial charge in [0.2, 0.25) is 0 Å². The van der Waals surface area contributed by atoms with E-state index in [9.17, 15) is 0 Å². The summed E-state index contributed by atoms with van der Waals surface area (Å²) in [6.45, 7) is 6.64. The summed E-state index contributed by atoms with van der Waals surface area (Å²) in [7, 11) is 0. The molecule has 0 heterocycles. The van der Waals surface area contributed by atoms with E-state index < -0.39 is 0 Å². The van der Waals surface area contributed by atoms with E-state index in [0.717, 1.165) is 18.8 Å². The van der Waals surface area contributed by atoms with Crippen molar-refractivity contribution in [2.24, 2.45) is 11.7 Å². The summed E-state index contributed by atoms with van der Waals surface area (Å²) in [4.78, 5) is 0. The highest BCUT2D eigenvalue weighted by Gasteiger charge is 2.33. The predicted molar refractivity (Wildman–Crippen MR) is 74.0 cm³/mol. The maximum Gasteiger partial charge on any atom is 0.0412 e. The van der Waals surface area contributed by atoms with Crippen LogP contribution < -0.4 is 5.73 Å². The number of benzene rings is 1. The molecule has 1 aromatic rings. The Bertz CT molecular complexity index is 387. The molecular weight excluding hydrogens is 206 g/mol. The molecule has 0 radical (unpaired) electrons. The van der Waals surface area contributed by atoms with Gasteiger partial charge in [0, 0.05) is 5.54 Å². The topological polar surface area (TPSA) is 26.0 Å².